The fourth-order valence-electron chi connectivity index (χ4n) is 2.35. The van der Waals surface area contributed by atoms with Crippen LogP contribution in [0.15, 0.2) is 47.6 Å². The minimum atomic E-state index is -0.119. The molecule has 5 nitrogen and oxygen atoms in total. The van der Waals surface area contributed by atoms with Gasteiger partial charge >= 0.3 is 0 Å². The van der Waals surface area contributed by atoms with Crippen molar-refractivity contribution >= 4 is 52.0 Å². The second-order valence-electron chi connectivity index (χ2n) is 5.52. The fraction of sp³-hybridized carbons (Fsp3) is 0.211. The molecule has 0 N–H and O–H groups in total. The summed E-state index contributed by atoms with van der Waals surface area (Å²) in [5, 5.41) is 6.07. The summed E-state index contributed by atoms with van der Waals surface area (Å²) in [6.45, 7) is 2.73. The quantitative estimate of drug-likeness (QED) is 0.487. The number of carbonyl (C=O) groups is 1. The van der Waals surface area contributed by atoms with Gasteiger partial charge in [0, 0.05) is 10.6 Å². The molecule has 1 aliphatic rings. The predicted molar refractivity (Wildman–Crippen MR) is 113 cm³/mol. The van der Waals surface area contributed by atoms with E-state index in [1.165, 1.54) is 16.8 Å². The molecule has 2 aromatic carbocycles. The number of halogens is 1. The van der Waals surface area contributed by atoms with Crippen LogP contribution in [-0.4, -0.2) is 33.8 Å². The maximum atomic E-state index is 11.7. The van der Waals surface area contributed by atoms with E-state index in [2.05, 4.69) is 5.10 Å². The molecule has 2 aromatic rings. The second-order valence-corrected chi connectivity index (χ2v) is 7.54. The molecule has 0 atom stereocenters. The number of nitrogens with zero attached hydrogens (tertiary/aromatic N) is 2. The van der Waals surface area contributed by atoms with Gasteiger partial charge in [0.25, 0.3) is 5.91 Å². The van der Waals surface area contributed by atoms with E-state index >= 15 is 0 Å². The van der Waals surface area contributed by atoms with E-state index in [9.17, 15) is 4.79 Å². The summed E-state index contributed by atoms with van der Waals surface area (Å²) in [6, 6.07) is 13.0. The molecule has 0 aromatic heterocycles. The first-order chi connectivity index (χ1) is 13.1. The monoisotopic (exact) mass is 420 g/mol. The first-order valence-corrected chi connectivity index (χ1v) is 10.0. The molecule has 27 heavy (non-hydrogen) atoms. The van der Waals surface area contributed by atoms with E-state index in [-0.39, 0.29) is 5.91 Å². The smallest absolute Gasteiger partial charge is 0.259 e. The number of thiocarbonyl (C=S) groups is 1. The topological polar surface area (TPSA) is 51.1 Å². The van der Waals surface area contributed by atoms with Crippen LogP contribution >= 0.6 is 35.6 Å². The third-order valence-corrected chi connectivity index (χ3v) is 5.37. The van der Waals surface area contributed by atoms with E-state index in [1.807, 2.05) is 49.4 Å². The van der Waals surface area contributed by atoms with E-state index in [0.717, 1.165) is 11.1 Å². The first-order valence-electron chi connectivity index (χ1n) is 8.25. The largest absolute Gasteiger partial charge is 0.490 e. The van der Waals surface area contributed by atoms with Crippen molar-refractivity contribution in [3.8, 4) is 11.5 Å². The molecule has 1 saturated heterocycles. The molecular formula is C19H17ClN2O3S2. The van der Waals surface area contributed by atoms with Crippen molar-refractivity contribution in [3.63, 3.8) is 0 Å². The van der Waals surface area contributed by atoms with Crippen molar-refractivity contribution in [1.82, 2.24) is 5.01 Å². The molecule has 0 spiro atoms. The van der Waals surface area contributed by atoms with Crippen LogP contribution in [0.2, 0.25) is 5.02 Å². The Labute approximate surface area is 172 Å². The molecular weight excluding hydrogens is 404 g/mol. The van der Waals surface area contributed by atoms with Gasteiger partial charge < -0.3 is 9.47 Å². The van der Waals surface area contributed by atoms with E-state index in [0.29, 0.717) is 39.8 Å². The Hall–Kier alpha value is -2.09. The number of rotatable bonds is 7. The third-order valence-electron chi connectivity index (χ3n) is 3.66. The summed E-state index contributed by atoms with van der Waals surface area (Å²) in [7, 11) is 0. The molecule has 0 unspecified atom stereocenters. The Kier molecular flexibility index (Phi) is 6.71. The summed E-state index contributed by atoms with van der Waals surface area (Å²) in [5.74, 6) is 1.41. The van der Waals surface area contributed by atoms with Crippen molar-refractivity contribution in [1.29, 1.82) is 0 Å². The molecule has 140 valence electrons. The Morgan fingerprint density at radius 2 is 2.07 bits per heavy atom. The van der Waals surface area contributed by atoms with Gasteiger partial charge in [-0.3, -0.25) is 4.79 Å². The highest BCUT2D eigenvalue weighted by atomic mass is 35.5. The number of ether oxygens (including phenoxy) is 2. The highest BCUT2D eigenvalue weighted by molar-refractivity contribution is 8.23. The van der Waals surface area contributed by atoms with Crippen LogP contribution in [0.5, 0.6) is 11.5 Å². The number of benzene rings is 2. The van der Waals surface area contributed by atoms with Crippen LogP contribution in [0, 0.1) is 0 Å². The normalized spacial score (nSPS) is 14.2. The Morgan fingerprint density at radius 3 is 2.78 bits per heavy atom. The predicted octanol–water partition coefficient (Wildman–Crippen LogP) is 4.51. The molecule has 3 rings (SSSR count). The lowest BCUT2D eigenvalue weighted by Crippen LogP contribution is -2.22. The highest BCUT2D eigenvalue weighted by Crippen LogP contribution is 2.30. The number of hydrogen-bond donors (Lipinski definition) is 0. The molecule has 0 saturated carbocycles. The van der Waals surface area contributed by atoms with Crippen LogP contribution in [0.1, 0.15) is 18.1 Å². The SMILES string of the molecule is CCOc1cc(/C=N/N2C(=O)CSC2=S)ccc1OCc1ccccc1Cl. The maximum absolute atomic E-state index is 11.7. The molecule has 1 amide bonds. The third kappa shape index (κ3) is 5.00. The van der Waals surface area contributed by atoms with Crippen molar-refractivity contribution < 1.29 is 14.3 Å². The molecule has 1 fully saturated rings. The summed E-state index contributed by atoms with van der Waals surface area (Å²) in [6.07, 6.45) is 1.58. The van der Waals surface area contributed by atoms with E-state index < -0.39 is 0 Å². The summed E-state index contributed by atoms with van der Waals surface area (Å²) in [5.41, 5.74) is 1.67. The van der Waals surface area contributed by atoms with Crippen LogP contribution in [-0.2, 0) is 11.4 Å². The van der Waals surface area contributed by atoms with Crippen molar-refractivity contribution in [3.05, 3.63) is 58.6 Å². The molecule has 0 radical (unpaired) electrons. The first kappa shape index (κ1) is 19.7. The van der Waals surface area contributed by atoms with Gasteiger partial charge in [0.15, 0.2) is 15.8 Å². The standard InChI is InChI=1S/C19H17ClN2O3S2/c1-2-24-17-9-13(10-21-22-18(23)12-27-19(22)26)7-8-16(17)25-11-14-5-3-4-6-15(14)20/h3-10H,2,11-12H2,1H3/b21-10+. The van der Waals surface area contributed by atoms with Crippen molar-refractivity contribution in [2.24, 2.45) is 5.10 Å². The average Bonchev–Trinajstić information content (AvgIpc) is 2.98. The van der Waals surface area contributed by atoms with Gasteiger partial charge in [0.2, 0.25) is 0 Å². The number of carbonyl (C=O) groups excluding carboxylic acids is 1. The zero-order valence-corrected chi connectivity index (χ0v) is 16.9. The number of thioether (sulfide) groups is 1. The fourth-order valence-corrected chi connectivity index (χ4v) is 3.50. The summed E-state index contributed by atoms with van der Waals surface area (Å²) in [4.78, 5) is 11.7. The van der Waals surface area contributed by atoms with E-state index in [4.69, 9.17) is 33.3 Å². The number of hydrogen-bond acceptors (Lipinski definition) is 6. The summed E-state index contributed by atoms with van der Waals surface area (Å²) < 4.78 is 12.0. The Balaban J connectivity index is 1.75. The maximum Gasteiger partial charge on any atom is 0.259 e. The lowest BCUT2D eigenvalue weighted by atomic mass is 10.2. The van der Waals surface area contributed by atoms with Gasteiger partial charge in [0.05, 0.1) is 18.6 Å². The van der Waals surface area contributed by atoms with Crippen LogP contribution in [0.4, 0.5) is 0 Å². The van der Waals surface area contributed by atoms with Gasteiger partial charge in [-0.1, -0.05) is 53.8 Å². The van der Waals surface area contributed by atoms with Gasteiger partial charge in [-0.05, 0) is 36.8 Å². The zero-order chi connectivity index (χ0) is 19.2. The number of amides is 1. The number of hydrazone groups is 1. The minimum absolute atomic E-state index is 0.119. The minimum Gasteiger partial charge on any atom is -0.490 e. The molecule has 0 bridgehead atoms. The second kappa shape index (κ2) is 9.21. The van der Waals surface area contributed by atoms with E-state index in [1.54, 1.807) is 6.21 Å². The highest BCUT2D eigenvalue weighted by Gasteiger charge is 2.25. The molecule has 1 heterocycles. The van der Waals surface area contributed by atoms with Crippen molar-refractivity contribution in [2.45, 2.75) is 13.5 Å². The lowest BCUT2D eigenvalue weighted by Gasteiger charge is -2.13. The van der Waals surface area contributed by atoms with Gasteiger partial charge in [-0.15, -0.1) is 0 Å². The average molecular weight is 421 g/mol. The Morgan fingerprint density at radius 1 is 1.26 bits per heavy atom. The van der Waals surface area contributed by atoms with Gasteiger partial charge in [-0.25, -0.2) is 0 Å². The van der Waals surface area contributed by atoms with Crippen molar-refractivity contribution in [2.75, 3.05) is 12.4 Å². The van der Waals surface area contributed by atoms with Gasteiger partial charge in [0.1, 0.15) is 6.61 Å². The molecule has 1 aliphatic heterocycles. The molecule has 0 aliphatic carbocycles. The van der Waals surface area contributed by atoms with Crippen LogP contribution in [0.3, 0.4) is 0 Å². The summed E-state index contributed by atoms with van der Waals surface area (Å²) >= 11 is 12.6. The van der Waals surface area contributed by atoms with Crippen LogP contribution in [0.25, 0.3) is 0 Å². The molecule has 8 heteroatoms. The zero-order valence-electron chi connectivity index (χ0n) is 14.6. The van der Waals surface area contributed by atoms with Gasteiger partial charge in [-0.2, -0.15) is 10.1 Å². The lowest BCUT2D eigenvalue weighted by molar-refractivity contribution is -0.123. The van der Waals surface area contributed by atoms with Crippen LogP contribution < -0.4 is 9.47 Å². The Bertz CT molecular complexity index is 873.